The topological polar surface area (TPSA) is 65.8 Å². The van der Waals surface area contributed by atoms with Crippen molar-refractivity contribution in [2.45, 2.75) is 0 Å². The van der Waals surface area contributed by atoms with Crippen LogP contribution < -0.4 is 9.47 Å². The molecule has 1 heterocycles. The second-order valence-electron chi connectivity index (χ2n) is 4.93. The third-order valence-corrected chi connectivity index (χ3v) is 3.55. The molecular formula is C18H13Cl2N3O3. The zero-order valence-electron chi connectivity index (χ0n) is 13.6. The molecule has 0 aliphatic rings. The van der Waals surface area contributed by atoms with E-state index in [0.29, 0.717) is 33.4 Å². The van der Waals surface area contributed by atoms with Crippen LogP contribution in [-0.2, 0) is 4.84 Å². The lowest BCUT2D eigenvalue weighted by Crippen LogP contribution is -1.91. The van der Waals surface area contributed by atoms with E-state index >= 15 is 0 Å². The number of fused-ring (bicyclic) bond motifs is 1. The average Bonchev–Trinajstić information content (AvgIpc) is 2.63. The van der Waals surface area contributed by atoms with Crippen LogP contribution >= 0.6 is 23.2 Å². The van der Waals surface area contributed by atoms with Crippen molar-refractivity contribution in [3.63, 3.8) is 0 Å². The number of hydrogen-bond donors (Lipinski definition) is 0. The Labute approximate surface area is 159 Å². The summed E-state index contributed by atoms with van der Waals surface area (Å²) in [7, 11) is 1.41. The van der Waals surface area contributed by atoms with Gasteiger partial charge in [-0.3, -0.25) is 0 Å². The number of ether oxygens (including phenoxy) is 2. The molecule has 2 aromatic carbocycles. The smallest absolute Gasteiger partial charge is 0.238 e. The van der Waals surface area contributed by atoms with Crippen molar-refractivity contribution in [3.05, 3.63) is 66.0 Å². The van der Waals surface area contributed by atoms with Crippen LogP contribution in [-0.4, -0.2) is 22.2 Å². The van der Waals surface area contributed by atoms with Gasteiger partial charge in [0.25, 0.3) is 0 Å². The number of benzene rings is 2. The minimum Gasteiger partial charge on any atom is -0.465 e. The van der Waals surface area contributed by atoms with Gasteiger partial charge in [-0.2, -0.15) is 0 Å². The van der Waals surface area contributed by atoms with Gasteiger partial charge in [0.2, 0.25) is 5.88 Å². The number of nitrogens with zero attached hydrogens (tertiary/aromatic N) is 3. The number of halogens is 2. The number of oxime groups is 1. The molecule has 0 aliphatic carbocycles. The summed E-state index contributed by atoms with van der Waals surface area (Å²) in [5.74, 6) is 1.59. The van der Waals surface area contributed by atoms with E-state index in [-0.39, 0.29) is 5.17 Å². The number of hydrogen-bond acceptors (Lipinski definition) is 6. The second kappa shape index (κ2) is 8.51. The van der Waals surface area contributed by atoms with Gasteiger partial charge in [-0.1, -0.05) is 28.4 Å². The van der Waals surface area contributed by atoms with Gasteiger partial charge in [0.1, 0.15) is 18.6 Å². The minimum absolute atomic E-state index is 0.170. The molecule has 3 rings (SSSR count). The molecule has 0 atom stereocenters. The van der Waals surface area contributed by atoms with Crippen molar-refractivity contribution < 1.29 is 14.3 Å². The Balaban J connectivity index is 1.65. The largest absolute Gasteiger partial charge is 0.465 e. The molecule has 0 aliphatic heterocycles. The van der Waals surface area contributed by atoms with Crippen LogP contribution in [0.5, 0.6) is 17.4 Å². The molecule has 0 saturated carbocycles. The highest BCUT2D eigenvalue weighted by Gasteiger charge is 2.03. The molecule has 1 aromatic heterocycles. The monoisotopic (exact) mass is 389 g/mol. The lowest BCUT2D eigenvalue weighted by molar-refractivity contribution is 0.215. The number of aromatic nitrogens is 2. The molecule has 0 saturated heterocycles. The molecule has 0 amide bonds. The summed E-state index contributed by atoms with van der Waals surface area (Å²) in [6.45, 7) is 0. The van der Waals surface area contributed by atoms with E-state index in [4.69, 9.17) is 32.7 Å². The third-order valence-electron chi connectivity index (χ3n) is 3.12. The molecule has 132 valence electrons. The third kappa shape index (κ3) is 4.84. The van der Waals surface area contributed by atoms with Crippen LogP contribution in [0.2, 0.25) is 5.02 Å². The van der Waals surface area contributed by atoms with E-state index in [1.807, 2.05) is 0 Å². The maximum Gasteiger partial charge on any atom is 0.238 e. The van der Waals surface area contributed by atoms with E-state index in [1.54, 1.807) is 48.7 Å². The Bertz CT molecular complexity index is 960. The SMILES string of the molecule is CO/N=C(Cl)/C=C\Oc1ccc(Oc2cnc3cc(Cl)ccc3n2)cc1. The maximum atomic E-state index is 5.94. The van der Waals surface area contributed by atoms with E-state index in [9.17, 15) is 0 Å². The quantitative estimate of drug-likeness (QED) is 0.330. The van der Waals surface area contributed by atoms with Crippen molar-refractivity contribution in [2.24, 2.45) is 5.16 Å². The number of rotatable bonds is 6. The lowest BCUT2D eigenvalue weighted by atomic mass is 10.3. The van der Waals surface area contributed by atoms with E-state index in [2.05, 4.69) is 20.0 Å². The van der Waals surface area contributed by atoms with Gasteiger partial charge in [-0.15, -0.1) is 0 Å². The molecule has 26 heavy (non-hydrogen) atoms. The van der Waals surface area contributed by atoms with Crippen LogP contribution in [0.25, 0.3) is 11.0 Å². The Morgan fingerprint density at radius 3 is 2.62 bits per heavy atom. The van der Waals surface area contributed by atoms with Crippen LogP contribution in [0.3, 0.4) is 0 Å². The Hall–Kier alpha value is -2.83. The van der Waals surface area contributed by atoms with Gasteiger partial charge in [-0.05, 0) is 42.5 Å². The standard InChI is InChI=1S/C18H13Cl2N3O3/c1-24-23-17(20)8-9-25-13-3-5-14(6-4-13)26-18-11-21-16-10-12(19)2-7-15(16)22-18/h2-11H,1H3/b9-8-,23-17-. The Kier molecular flexibility index (Phi) is 5.88. The first-order valence-electron chi connectivity index (χ1n) is 7.44. The first-order chi connectivity index (χ1) is 12.6. The molecule has 6 nitrogen and oxygen atoms in total. The van der Waals surface area contributed by atoms with Gasteiger partial charge >= 0.3 is 0 Å². The maximum absolute atomic E-state index is 5.94. The van der Waals surface area contributed by atoms with Crippen molar-refractivity contribution in [1.82, 2.24) is 9.97 Å². The van der Waals surface area contributed by atoms with Crippen molar-refractivity contribution in [3.8, 4) is 17.4 Å². The van der Waals surface area contributed by atoms with Gasteiger partial charge in [0.05, 0.1) is 23.5 Å². The molecule has 3 aromatic rings. The molecule has 0 N–H and O–H groups in total. The number of allylic oxidation sites excluding steroid dienone is 1. The summed E-state index contributed by atoms with van der Waals surface area (Å²) < 4.78 is 11.1. The summed E-state index contributed by atoms with van der Waals surface area (Å²) in [5.41, 5.74) is 1.41. The Morgan fingerprint density at radius 2 is 1.85 bits per heavy atom. The molecule has 0 fully saturated rings. The van der Waals surface area contributed by atoms with Gasteiger partial charge in [0, 0.05) is 11.1 Å². The summed E-state index contributed by atoms with van der Waals surface area (Å²) in [5, 5.41) is 4.30. The van der Waals surface area contributed by atoms with Crippen molar-refractivity contribution in [2.75, 3.05) is 7.11 Å². The summed E-state index contributed by atoms with van der Waals surface area (Å²) in [6, 6.07) is 12.3. The highest BCUT2D eigenvalue weighted by molar-refractivity contribution is 6.68. The highest BCUT2D eigenvalue weighted by Crippen LogP contribution is 2.24. The fraction of sp³-hybridized carbons (Fsp3) is 0.0556. The fourth-order valence-corrected chi connectivity index (χ4v) is 2.30. The summed E-state index contributed by atoms with van der Waals surface area (Å²) in [4.78, 5) is 13.2. The molecule has 0 unspecified atom stereocenters. The first kappa shape index (κ1) is 18.0. The molecule has 0 radical (unpaired) electrons. The predicted octanol–water partition coefficient (Wildman–Crippen LogP) is 5.17. The second-order valence-corrected chi connectivity index (χ2v) is 5.76. The Morgan fingerprint density at radius 1 is 1.08 bits per heavy atom. The molecule has 0 bridgehead atoms. The highest BCUT2D eigenvalue weighted by atomic mass is 35.5. The van der Waals surface area contributed by atoms with Crippen molar-refractivity contribution >= 4 is 39.4 Å². The molecule has 8 heteroatoms. The van der Waals surface area contributed by atoms with Gasteiger partial charge in [-0.25, -0.2) is 9.97 Å². The average molecular weight is 390 g/mol. The van der Waals surface area contributed by atoms with Crippen LogP contribution in [0, 0.1) is 0 Å². The fourth-order valence-electron chi connectivity index (χ4n) is 2.01. The van der Waals surface area contributed by atoms with Gasteiger partial charge in [0.15, 0.2) is 5.17 Å². The molecule has 0 spiro atoms. The zero-order valence-corrected chi connectivity index (χ0v) is 15.1. The van der Waals surface area contributed by atoms with Gasteiger partial charge < -0.3 is 14.3 Å². The normalized spacial score (nSPS) is 11.7. The van der Waals surface area contributed by atoms with Crippen LogP contribution in [0.1, 0.15) is 0 Å². The van der Waals surface area contributed by atoms with Crippen molar-refractivity contribution in [1.29, 1.82) is 0 Å². The van der Waals surface area contributed by atoms with E-state index < -0.39 is 0 Å². The van der Waals surface area contributed by atoms with Crippen LogP contribution in [0.15, 0.2) is 66.2 Å². The van der Waals surface area contributed by atoms with E-state index in [1.165, 1.54) is 19.4 Å². The van der Waals surface area contributed by atoms with E-state index in [0.717, 1.165) is 0 Å². The minimum atomic E-state index is 0.170. The summed E-state index contributed by atoms with van der Waals surface area (Å²) >= 11 is 11.7. The van der Waals surface area contributed by atoms with Crippen LogP contribution in [0.4, 0.5) is 0 Å². The molecular weight excluding hydrogens is 377 g/mol. The predicted molar refractivity (Wildman–Crippen MR) is 101 cm³/mol. The lowest BCUT2D eigenvalue weighted by Gasteiger charge is -2.06. The zero-order chi connectivity index (χ0) is 18.4. The first-order valence-corrected chi connectivity index (χ1v) is 8.20. The summed E-state index contributed by atoms with van der Waals surface area (Å²) in [6.07, 6.45) is 4.41.